The van der Waals surface area contributed by atoms with Crippen LogP contribution in [-0.4, -0.2) is 8.42 Å². The first-order valence-corrected chi connectivity index (χ1v) is 12.2. The maximum atomic E-state index is 11.3. The molecule has 4 nitrogen and oxygen atoms in total. The molecular weight excluding hydrogens is 537 g/mol. The molecule has 0 aliphatic heterocycles. The summed E-state index contributed by atoms with van der Waals surface area (Å²) in [6.07, 6.45) is 0. The molecular formula is C19H10Cl6O4S. The lowest BCUT2D eigenvalue weighted by atomic mass is 10.2. The van der Waals surface area contributed by atoms with Gasteiger partial charge < -0.3 is 9.47 Å². The molecule has 0 saturated carbocycles. The third-order valence-corrected chi connectivity index (χ3v) is 7.44. The van der Waals surface area contributed by atoms with E-state index in [4.69, 9.17) is 78.2 Å². The van der Waals surface area contributed by atoms with Gasteiger partial charge in [0.25, 0.3) is 9.05 Å². The largest absolute Gasteiger partial charge is 0.489 e. The number of hydrogen-bond donors (Lipinski definition) is 0. The van der Waals surface area contributed by atoms with Crippen molar-refractivity contribution < 1.29 is 17.9 Å². The predicted molar refractivity (Wildman–Crippen MR) is 122 cm³/mol. The lowest BCUT2D eigenvalue weighted by Gasteiger charge is -2.14. The first-order chi connectivity index (χ1) is 14.1. The third kappa shape index (κ3) is 5.40. The average Bonchev–Trinajstić information content (AvgIpc) is 2.73. The van der Waals surface area contributed by atoms with E-state index < -0.39 is 9.05 Å². The summed E-state index contributed by atoms with van der Waals surface area (Å²) in [6, 6.07) is 12.7. The lowest BCUT2D eigenvalue weighted by molar-refractivity contribution is 0.306. The molecule has 0 saturated heterocycles. The Bertz CT molecular complexity index is 1150. The summed E-state index contributed by atoms with van der Waals surface area (Å²) in [6.45, 7) is 0.243. The van der Waals surface area contributed by atoms with Gasteiger partial charge in [-0.15, -0.1) is 0 Å². The minimum absolute atomic E-state index is 0.00209. The van der Waals surface area contributed by atoms with E-state index in [1.807, 2.05) is 0 Å². The Labute approximate surface area is 202 Å². The van der Waals surface area contributed by atoms with E-state index in [-0.39, 0.29) is 42.4 Å². The van der Waals surface area contributed by atoms with Crippen molar-refractivity contribution in [1.82, 2.24) is 0 Å². The summed E-state index contributed by atoms with van der Waals surface area (Å²) in [5.74, 6) is 1.02. The molecule has 11 heteroatoms. The molecule has 0 heterocycles. The second-order valence-electron chi connectivity index (χ2n) is 5.84. The van der Waals surface area contributed by atoms with E-state index in [1.54, 1.807) is 24.3 Å². The maximum absolute atomic E-state index is 11.3. The molecule has 0 unspecified atom stereocenters. The van der Waals surface area contributed by atoms with Gasteiger partial charge in [-0.3, -0.25) is 0 Å². The van der Waals surface area contributed by atoms with Crippen molar-refractivity contribution in [2.24, 2.45) is 0 Å². The summed E-state index contributed by atoms with van der Waals surface area (Å²) >= 11 is 30.4. The molecule has 0 radical (unpaired) electrons. The Morgan fingerprint density at radius 3 is 1.63 bits per heavy atom. The van der Waals surface area contributed by atoms with Crippen molar-refractivity contribution in [2.45, 2.75) is 11.5 Å². The van der Waals surface area contributed by atoms with Crippen molar-refractivity contribution in [3.63, 3.8) is 0 Å². The van der Waals surface area contributed by atoms with Crippen molar-refractivity contribution in [3.8, 4) is 17.2 Å². The van der Waals surface area contributed by atoms with Gasteiger partial charge in [-0.1, -0.05) is 70.1 Å². The molecule has 0 bridgehead atoms. The zero-order valence-corrected chi connectivity index (χ0v) is 20.0. The summed E-state index contributed by atoms with van der Waals surface area (Å²) in [5.41, 5.74) is 0.834. The minimum atomic E-state index is -3.77. The minimum Gasteiger partial charge on any atom is -0.489 e. The van der Waals surface area contributed by atoms with Crippen LogP contribution in [0.5, 0.6) is 17.2 Å². The third-order valence-electron chi connectivity index (χ3n) is 3.82. The fraction of sp³-hybridized carbons (Fsp3) is 0.0526. The van der Waals surface area contributed by atoms with Gasteiger partial charge in [0.1, 0.15) is 28.2 Å². The summed E-state index contributed by atoms with van der Waals surface area (Å²) in [7, 11) is 1.51. The van der Waals surface area contributed by atoms with Crippen molar-refractivity contribution in [2.75, 3.05) is 0 Å². The second-order valence-corrected chi connectivity index (χ2v) is 10.3. The molecule has 0 atom stereocenters. The number of hydrogen-bond acceptors (Lipinski definition) is 4. The fourth-order valence-electron chi connectivity index (χ4n) is 2.31. The Kier molecular flexibility index (Phi) is 7.57. The van der Waals surface area contributed by atoms with Gasteiger partial charge in [0.15, 0.2) is 5.75 Å². The molecule has 0 fully saturated rings. The quantitative estimate of drug-likeness (QED) is 0.177. The number of ether oxygens (including phenoxy) is 2. The van der Waals surface area contributed by atoms with E-state index in [0.29, 0.717) is 11.5 Å². The molecule has 158 valence electrons. The summed E-state index contributed by atoms with van der Waals surface area (Å²) in [4.78, 5) is -0.00209. The van der Waals surface area contributed by atoms with Gasteiger partial charge in [-0.05, 0) is 42.0 Å². The molecule has 3 aromatic carbocycles. The molecule has 0 amide bonds. The standard InChI is InChI=1S/C19H10Cl6O4S/c20-14-15(21)17(23)19(18(24)16(14)22)29-12-3-1-10(2-4-12)9-28-11-5-7-13(8-6-11)30(25,26)27/h1-8H,9H2. The number of rotatable bonds is 6. The Balaban J connectivity index is 1.69. The highest BCUT2D eigenvalue weighted by Gasteiger charge is 2.21. The normalized spacial score (nSPS) is 11.4. The smallest absolute Gasteiger partial charge is 0.261 e. The van der Waals surface area contributed by atoms with Crippen LogP contribution in [-0.2, 0) is 15.7 Å². The zero-order chi connectivity index (χ0) is 22.1. The van der Waals surface area contributed by atoms with E-state index in [0.717, 1.165) is 5.56 Å². The van der Waals surface area contributed by atoms with Gasteiger partial charge >= 0.3 is 0 Å². The monoisotopic (exact) mass is 544 g/mol. The van der Waals surface area contributed by atoms with Crippen LogP contribution in [0, 0.1) is 0 Å². The van der Waals surface area contributed by atoms with Crippen LogP contribution in [0.3, 0.4) is 0 Å². The van der Waals surface area contributed by atoms with Gasteiger partial charge in [0, 0.05) is 10.7 Å². The van der Waals surface area contributed by atoms with Crippen LogP contribution in [0.4, 0.5) is 0 Å². The van der Waals surface area contributed by atoms with Crippen LogP contribution >= 0.6 is 68.7 Å². The van der Waals surface area contributed by atoms with Gasteiger partial charge in [-0.2, -0.15) is 0 Å². The van der Waals surface area contributed by atoms with Crippen LogP contribution in [0.2, 0.25) is 25.1 Å². The van der Waals surface area contributed by atoms with Crippen molar-refractivity contribution >= 4 is 77.7 Å². The Morgan fingerprint density at radius 1 is 0.667 bits per heavy atom. The predicted octanol–water partition coefficient (Wildman–Crippen LogP) is 8.25. The number of halogens is 6. The van der Waals surface area contributed by atoms with Crippen molar-refractivity contribution in [3.05, 3.63) is 79.2 Å². The van der Waals surface area contributed by atoms with E-state index in [2.05, 4.69) is 0 Å². The topological polar surface area (TPSA) is 52.6 Å². The summed E-state index contributed by atoms with van der Waals surface area (Å²) in [5, 5.41) is 0.225. The Morgan fingerprint density at radius 2 is 1.13 bits per heavy atom. The first kappa shape index (κ1) is 23.6. The lowest BCUT2D eigenvalue weighted by Crippen LogP contribution is -1.96. The van der Waals surface area contributed by atoms with Crippen LogP contribution in [0.25, 0.3) is 0 Å². The first-order valence-electron chi connectivity index (χ1n) is 8.03. The van der Waals surface area contributed by atoms with Crippen LogP contribution < -0.4 is 9.47 Å². The van der Waals surface area contributed by atoms with Crippen molar-refractivity contribution in [1.29, 1.82) is 0 Å². The van der Waals surface area contributed by atoms with Crippen LogP contribution in [0.15, 0.2) is 53.4 Å². The Hall–Kier alpha value is -1.05. The molecule has 0 aliphatic rings. The molecule has 30 heavy (non-hydrogen) atoms. The highest BCUT2D eigenvalue weighted by atomic mass is 35.7. The highest BCUT2D eigenvalue weighted by Crippen LogP contribution is 2.49. The molecule has 0 spiro atoms. The zero-order valence-electron chi connectivity index (χ0n) is 14.6. The molecule has 3 aromatic rings. The molecule has 0 aromatic heterocycles. The summed E-state index contributed by atoms with van der Waals surface area (Å²) < 4.78 is 33.9. The second kappa shape index (κ2) is 9.61. The van der Waals surface area contributed by atoms with Gasteiger partial charge in [0.05, 0.1) is 20.0 Å². The SMILES string of the molecule is O=S(=O)(Cl)c1ccc(OCc2ccc(Oc3c(Cl)c(Cl)c(Cl)c(Cl)c3Cl)cc2)cc1. The van der Waals surface area contributed by atoms with E-state index in [9.17, 15) is 8.42 Å². The fourth-order valence-corrected chi connectivity index (χ4v) is 4.28. The molecule has 3 rings (SSSR count). The highest BCUT2D eigenvalue weighted by molar-refractivity contribution is 8.13. The maximum Gasteiger partial charge on any atom is 0.261 e. The van der Waals surface area contributed by atoms with E-state index in [1.165, 1.54) is 24.3 Å². The molecule has 0 N–H and O–H groups in total. The average molecular weight is 547 g/mol. The van der Waals surface area contributed by atoms with Gasteiger partial charge in [-0.25, -0.2) is 8.42 Å². The number of benzene rings is 3. The van der Waals surface area contributed by atoms with Gasteiger partial charge in [0.2, 0.25) is 0 Å². The molecule has 0 aliphatic carbocycles. The van der Waals surface area contributed by atoms with Crippen LogP contribution in [0.1, 0.15) is 5.56 Å². The van der Waals surface area contributed by atoms with E-state index >= 15 is 0 Å².